The van der Waals surface area contributed by atoms with Crippen molar-refractivity contribution in [2.24, 2.45) is 0 Å². The van der Waals surface area contributed by atoms with Gasteiger partial charge in [0.1, 0.15) is 0 Å². The summed E-state index contributed by atoms with van der Waals surface area (Å²) in [6.07, 6.45) is 3.43. The predicted octanol–water partition coefficient (Wildman–Crippen LogP) is 0.798. The summed E-state index contributed by atoms with van der Waals surface area (Å²) in [5.74, 6) is 1.35. The molecule has 1 N–H and O–H groups in total. The van der Waals surface area contributed by atoms with Crippen molar-refractivity contribution in [2.45, 2.75) is 12.5 Å². The van der Waals surface area contributed by atoms with Gasteiger partial charge in [0.25, 0.3) is 0 Å². The first-order valence-electron chi connectivity index (χ1n) is 4.07. The number of imidazole rings is 1. The highest BCUT2D eigenvalue weighted by Crippen LogP contribution is 2.30. The maximum atomic E-state index is 10.5. The van der Waals surface area contributed by atoms with Crippen LogP contribution in [0.1, 0.15) is 11.7 Å². The topological polar surface area (TPSA) is 55.1 Å². The normalized spacial score (nSPS) is 16.9. The van der Waals surface area contributed by atoms with Crippen LogP contribution in [-0.4, -0.2) is 32.1 Å². The van der Waals surface area contributed by atoms with Crippen molar-refractivity contribution in [2.75, 3.05) is 11.5 Å². The lowest BCUT2D eigenvalue weighted by Crippen LogP contribution is -2.24. The first kappa shape index (κ1) is 8.62. The summed E-state index contributed by atoms with van der Waals surface area (Å²) in [7, 11) is 0. The third kappa shape index (κ3) is 1.70. The minimum atomic E-state index is -0.797. The Morgan fingerprint density at radius 2 is 2.54 bits per heavy atom. The maximum Gasteiger partial charge on any atom is 0.309 e. The van der Waals surface area contributed by atoms with E-state index in [-0.39, 0.29) is 6.42 Å². The number of aliphatic carboxylic acids is 1. The number of rotatable bonds is 3. The Morgan fingerprint density at radius 1 is 1.77 bits per heavy atom. The fourth-order valence-corrected chi connectivity index (χ4v) is 2.10. The molecule has 0 unspecified atom stereocenters. The summed E-state index contributed by atoms with van der Waals surface area (Å²) >= 11 is 1.87. The largest absolute Gasteiger partial charge is 0.481 e. The van der Waals surface area contributed by atoms with E-state index in [0.717, 1.165) is 17.2 Å². The quantitative estimate of drug-likeness (QED) is 0.780. The minimum absolute atomic E-state index is 0.0706. The van der Waals surface area contributed by atoms with Gasteiger partial charge in [0.15, 0.2) is 0 Å². The lowest BCUT2D eigenvalue weighted by atomic mass is 10.3. The zero-order valence-corrected chi connectivity index (χ0v) is 7.83. The van der Waals surface area contributed by atoms with Gasteiger partial charge in [0.05, 0.1) is 18.8 Å². The average Bonchev–Trinajstić information content (AvgIpc) is 2.32. The molecular formula is C8H10N2O2S. The predicted molar refractivity (Wildman–Crippen MR) is 49.9 cm³/mol. The molecule has 2 rings (SSSR count). The molecule has 1 aliphatic heterocycles. The number of hydrogen-bond donors (Lipinski definition) is 1. The number of thioether (sulfide) groups is 1. The van der Waals surface area contributed by atoms with E-state index in [9.17, 15) is 4.79 Å². The van der Waals surface area contributed by atoms with Gasteiger partial charge >= 0.3 is 5.97 Å². The highest BCUT2D eigenvalue weighted by Gasteiger charge is 2.22. The Kier molecular flexibility index (Phi) is 2.26. The van der Waals surface area contributed by atoms with Crippen LogP contribution in [0.3, 0.4) is 0 Å². The fraction of sp³-hybridized carbons (Fsp3) is 0.500. The van der Waals surface area contributed by atoms with Gasteiger partial charge in [-0.25, -0.2) is 4.98 Å². The molecular weight excluding hydrogens is 188 g/mol. The lowest BCUT2D eigenvalue weighted by Gasteiger charge is -2.27. The zero-order chi connectivity index (χ0) is 9.26. The highest BCUT2D eigenvalue weighted by molar-refractivity contribution is 8.00. The molecule has 0 bridgehead atoms. The third-order valence-corrected chi connectivity index (χ3v) is 3.33. The molecule has 0 spiro atoms. The van der Waals surface area contributed by atoms with Crippen molar-refractivity contribution < 1.29 is 9.90 Å². The molecule has 0 radical (unpaired) electrons. The molecule has 0 aliphatic carbocycles. The van der Waals surface area contributed by atoms with Crippen molar-refractivity contribution in [1.82, 2.24) is 9.55 Å². The second-order valence-electron chi connectivity index (χ2n) is 3.05. The van der Waals surface area contributed by atoms with Crippen LogP contribution in [0.2, 0.25) is 0 Å². The molecule has 1 aliphatic rings. The molecule has 0 atom stereocenters. The average molecular weight is 198 g/mol. The Labute approximate surface area is 80.0 Å². The van der Waals surface area contributed by atoms with Crippen LogP contribution < -0.4 is 0 Å². The van der Waals surface area contributed by atoms with Crippen LogP contribution in [0.25, 0.3) is 0 Å². The summed E-state index contributed by atoms with van der Waals surface area (Å²) < 4.78 is 1.98. The summed E-state index contributed by atoms with van der Waals surface area (Å²) in [6, 6.07) is 0.460. The molecule has 70 valence electrons. The molecule has 1 saturated heterocycles. The van der Waals surface area contributed by atoms with E-state index in [1.807, 2.05) is 16.3 Å². The van der Waals surface area contributed by atoms with Gasteiger partial charge in [-0.2, -0.15) is 11.8 Å². The standard InChI is InChI=1S/C8H10N2O2S/c11-8(12)1-6-2-9-5-10(6)7-3-13-4-7/h2,5,7H,1,3-4H2,(H,11,12). The number of carbonyl (C=O) groups is 1. The molecule has 13 heavy (non-hydrogen) atoms. The van der Waals surface area contributed by atoms with Gasteiger partial charge in [0, 0.05) is 23.4 Å². The zero-order valence-electron chi connectivity index (χ0n) is 7.01. The minimum Gasteiger partial charge on any atom is -0.481 e. The molecule has 0 amide bonds. The van der Waals surface area contributed by atoms with Gasteiger partial charge in [-0.1, -0.05) is 0 Å². The molecule has 1 fully saturated rings. The molecule has 1 aromatic rings. The van der Waals surface area contributed by atoms with Gasteiger partial charge in [-0.05, 0) is 0 Å². The van der Waals surface area contributed by atoms with E-state index in [2.05, 4.69) is 4.98 Å². The fourth-order valence-electron chi connectivity index (χ4n) is 1.34. The van der Waals surface area contributed by atoms with Crippen LogP contribution in [0.4, 0.5) is 0 Å². The van der Waals surface area contributed by atoms with E-state index in [1.54, 1.807) is 12.5 Å². The molecule has 0 saturated carbocycles. The van der Waals surface area contributed by atoms with E-state index in [0.29, 0.717) is 6.04 Å². The summed E-state index contributed by atoms with van der Waals surface area (Å²) in [5.41, 5.74) is 0.804. The third-order valence-electron chi connectivity index (χ3n) is 2.09. The first-order chi connectivity index (χ1) is 6.27. The lowest BCUT2D eigenvalue weighted by molar-refractivity contribution is -0.136. The Morgan fingerprint density at radius 3 is 3.08 bits per heavy atom. The van der Waals surface area contributed by atoms with Crippen molar-refractivity contribution in [1.29, 1.82) is 0 Å². The summed E-state index contributed by atoms with van der Waals surface area (Å²) in [5, 5.41) is 8.64. The Balaban J connectivity index is 2.14. The number of aromatic nitrogens is 2. The van der Waals surface area contributed by atoms with E-state index in [4.69, 9.17) is 5.11 Å². The maximum absolute atomic E-state index is 10.5. The van der Waals surface area contributed by atoms with Gasteiger partial charge in [-0.3, -0.25) is 4.79 Å². The SMILES string of the molecule is O=C(O)Cc1cncn1C1CSC1. The van der Waals surface area contributed by atoms with Crippen molar-refractivity contribution in [3.05, 3.63) is 18.2 Å². The Hall–Kier alpha value is -0.970. The number of nitrogens with zero attached hydrogens (tertiary/aromatic N) is 2. The van der Waals surface area contributed by atoms with Crippen LogP contribution >= 0.6 is 11.8 Å². The van der Waals surface area contributed by atoms with Crippen molar-refractivity contribution in [3.8, 4) is 0 Å². The van der Waals surface area contributed by atoms with E-state index < -0.39 is 5.97 Å². The highest BCUT2D eigenvalue weighted by atomic mass is 32.2. The van der Waals surface area contributed by atoms with Crippen LogP contribution in [0.15, 0.2) is 12.5 Å². The number of carboxylic acids is 1. The second-order valence-corrected chi connectivity index (χ2v) is 4.13. The Bertz CT molecular complexity index is 320. The van der Waals surface area contributed by atoms with E-state index >= 15 is 0 Å². The van der Waals surface area contributed by atoms with Crippen LogP contribution in [0, 0.1) is 0 Å². The van der Waals surface area contributed by atoms with Gasteiger partial charge < -0.3 is 9.67 Å². The number of hydrogen-bond acceptors (Lipinski definition) is 3. The molecule has 2 heterocycles. The smallest absolute Gasteiger partial charge is 0.309 e. The van der Waals surface area contributed by atoms with E-state index in [1.165, 1.54) is 0 Å². The second kappa shape index (κ2) is 3.41. The van der Waals surface area contributed by atoms with Gasteiger partial charge in [-0.15, -0.1) is 0 Å². The monoisotopic (exact) mass is 198 g/mol. The van der Waals surface area contributed by atoms with Crippen molar-refractivity contribution >= 4 is 17.7 Å². The number of carboxylic acid groups (broad SMARTS) is 1. The molecule has 5 heteroatoms. The summed E-state index contributed by atoms with van der Waals surface area (Å²) in [6.45, 7) is 0. The molecule has 1 aromatic heterocycles. The summed E-state index contributed by atoms with van der Waals surface area (Å²) in [4.78, 5) is 14.5. The molecule has 0 aromatic carbocycles. The first-order valence-corrected chi connectivity index (χ1v) is 5.23. The van der Waals surface area contributed by atoms with Crippen LogP contribution in [-0.2, 0) is 11.2 Å². The van der Waals surface area contributed by atoms with Crippen molar-refractivity contribution in [3.63, 3.8) is 0 Å². The van der Waals surface area contributed by atoms with Crippen LogP contribution in [0.5, 0.6) is 0 Å². The van der Waals surface area contributed by atoms with Gasteiger partial charge in [0.2, 0.25) is 0 Å². The molecule has 4 nitrogen and oxygen atoms in total.